The number of nitrogens with one attached hydrogen (secondary N) is 1. The molecular weight excluding hydrogens is 328 g/mol. The van der Waals surface area contributed by atoms with Gasteiger partial charge in [0.05, 0.1) is 32.8 Å². The lowest BCUT2D eigenvalue weighted by molar-refractivity contribution is -0.139. The predicted octanol–water partition coefficient (Wildman–Crippen LogP) is 3.32. The number of ether oxygens (including phenoxy) is 2. The third-order valence-corrected chi connectivity index (χ3v) is 4.95. The van der Waals surface area contributed by atoms with E-state index in [2.05, 4.69) is 17.1 Å². The maximum absolute atomic E-state index is 13.1. The average Bonchev–Trinajstić information content (AvgIpc) is 3.10. The molecule has 5 nitrogen and oxygen atoms in total. The summed E-state index contributed by atoms with van der Waals surface area (Å²) in [7, 11) is 1.65. The number of nitrogens with zero attached hydrogens (tertiary/aromatic N) is 1. The van der Waals surface area contributed by atoms with Gasteiger partial charge in [0.25, 0.3) is 0 Å². The van der Waals surface area contributed by atoms with Crippen LogP contribution in [0.5, 0.6) is 5.75 Å². The minimum Gasteiger partial charge on any atom is -0.497 e. The fourth-order valence-electron chi connectivity index (χ4n) is 3.55. The zero-order valence-corrected chi connectivity index (χ0v) is 14.8. The monoisotopic (exact) mass is 350 g/mol. The summed E-state index contributed by atoms with van der Waals surface area (Å²) in [5.74, 6) is 0.908. The van der Waals surface area contributed by atoms with Gasteiger partial charge in [-0.3, -0.25) is 4.79 Å². The molecule has 134 valence electrons. The summed E-state index contributed by atoms with van der Waals surface area (Å²) in [5, 5.41) is 1.03. The van der Waals surface area contributed by atoms with Crippen LogP contribution in [0.4, 0.5) is 0 Å². The maximum atomic E-state index is 13.1. The van der Waals surface area contributed by atoms with Gasteiger partial charge in [-0.1, -0.05) is 30.3 Å². The number of aromatic nitrogens is 1. The molecule has 3 aromatic rings. The van der Waals surface area contributed by atoms with E-state index in [9.17, 15) is 4.79 Å². The quantitative estimate of drug-likeness (QED) is 0.785. The third kappa shape index (κ3) is 3.18. The first-order valence-corrected chi connectivity index (χ1v) is 8.82. The topological polar surface area (TPSA) is 54.6 Å². The largest absolute Gasteiger partial charge is 0.497 e. The lowest BCUT2D eigenvalue weighted by Gasteiger charge is -2.36. The molecule has 0 spiro atoms. The molecule has 1 aromatic heterocycles. The van der Waals surface area contributed by atoms with Crippen molar-refractivity contribution in [2.24, 2.45) is 0 Å². The van der Waals surface area contributed by atoms with Crippen molar-refractivity contribution in [2.45, 2.75) is 12.5 Å². The van der Waals surface area contributed by atoms with Gasteiger partial charge in [0.2, 0.25) is 5.91 Å². The Morgan fingerprint density at radius 3 is 2.92 bits per heavy atom. The van der Waals surface area contributed by atoms with Crippen molar-refractivity contribution in [3.8, 4) is 5.75 Å². The normalized spacial score (nSPS) is 17.4. The highest BCUT2D eigenvalue weighted by Crippen LogP contribution is 2.27. The second-order valence-electron chi connectivity index (χ2n) is 6.49. The van der Waals surface area contributed by atoms with Crippen molar-refractivity contribution in [3.63, 3.8) is 0 Å². The van der Waals surface area contributed by atoms with Crippen LogP contribution in [0.1, 0.15) is 17.2 Å². The van der Waals surface area contributed by atoms with Crippen molar-refractivity contribution in [1.29, 1.82) is 0 Å². The lowest BCUT2D eigenvalue weighted by Crippen LogP contribution is -2.44. The molecule has 0 aliphatic carbocycles. The number of carbonyl (C=O) groups is 1. The minimum atomic E-state index is -0.0304. The molecule has 26 heavy (non-hydrogen) atoms. The standard InChI is InChI=1S/C21H22N2O3/c1-25-17-7-8-19-18(12-17)16(13-22-19)11-21(24)23-9-10-26-14-20(23)15-5-3-2-4-6-15/h2-8,12-13,20,22H,9-11,14H2,1H3. The van der Waals surface area contributed by atoms with Crippen LogP contribution in [0, 0.1) is 0 Å². The molecular formula is C21H22N2O3. The number of aromatic amines is 1. The lowest BCUT2D eigenvalue weighted by atomic mass is 10.0. The number of morpholine rings is 1. The Morgan fingerprint density at radius 1 is 1.27 bits per heavy atom. The molecule has 1 unspecified atom stereocenters. The third-order valence-electron chi connectivity index (χ3n) is 4.95. The summed E-state index contributed by atoms with van der Waals surface area (Å²) in [6.45, 7) is 1.73. The van der Waals surface area contributed by atoms with Crippen molar-refractivity contribution in [2.75, 3.05) is 26.9 Å². The Labute approximate surface area is 152 Å². The number of carbonyl (C=O) groups excluding carboxylic acids is 1. The average molecular weight is 350 g/mol. The van der Waals surface area contributed by atoms with E-state index in [-0.39, 0.29) is 11.9 Å². The molecule has 0 bridgehead atoms. The van der Waals surface area contributed by atoms with Crippen molar-refractivity contribution in [1.82, 2.24) is 9.88 Å². The van der Waals surface area contributed by atoms with Crippen molar-refractivity contribution >= 4 is 16.8 Å². The molecule has 4 rings (SSSR count). The van der Waals surface area contributed by atoms with Gasteiger partial charge < -0.3 is 19.4 Å². The van der Waals surface area contributed by atoms with Gasteiger partial charge in [-0.25, -0.2) is 0 Å². The van der Waals surface area contributed by atoms with Gasteiger partial charge in [-0.2, -0.15) is 0 Å². The fourth-order valence-corrected chi connectivity index (χ4v) is 3.55. The van der Waals surface area contributed by atoms with Crippen molar-refractivity contribution < 1.29 is 14.3 Å². The first-order chi connectivity index (χ1) is 12.8. The zero-order valence-electron chi connectivity index (χ0n) is 14.8. The summed E-state index contributed by atoms with van der Waals surface area (Å²) < 4.78 is 11.0. The molecule has 0 radical (unpaired) electrons. The molecule has 2 heterocycles. The van der Waals surface area contributed by atoms with E-state index in [1.807, 2.05) is 47.5 Å². The summed E-state index contributed by atoms with van der Waals surface area (Å²) in [6.07, 6.45) is 2.27. The smallest absolute Gasteiger partial charge is 0.227 e. The Hall–Kier alpha value is -2.79. The molecule has 1 fully saturated rings. The van der Waals surface area contributed by atoms with Crippen LogP contribution in [0.3, 0.4) is 0 Å². The molecule has 1 atom stereocenters. The first kappa shape index (κ1) is 16.7. The van der Waals surface area contributed by atoms with E-state index in [4.69, 9.17) is 9.47 Å². The van der Waals surface area contributed by atoms with Crippen LogP contribution in [-0.2, 0) is 16.0 Å². The number of fused-ring (bicyclic) bond motifs is 1. The molecule has 5 heteroatoms. The van der Waals surface area contributed by atoms with E-state index in [0.29, 0.717) is 26.2 Å². The van der Waals surface area contributed by atoms with E-state index in [0.717, 1.165) is 27.8 Å². The van der Waals surface area contributed by atoms with E-state index in [1.165, 1.54) is 0 Å². The van der Waals surface area contributed by atoms with Gasteiger partial charge in [-0.15, -0.1) is 0 Å². The number of benzene rings is 2. The molecule has 0 saturated carbocycles. The van der Waals surface area contributed by atoms with Gasteiger partial charge in [0.1, 0.15) is 5.75 Å². The van der Waals surface area contributed by atoms with Gasteiger partial charge in [0, 0.05) is 23.6 Å². The molecule has 2 aromatic carbocycles. The van der Waals surface area contributed by atoms with Crippen molar-refractivity contribution in [3.05, 3.63) is 65.9 Å². The predicted molar refractivity (Wildman–Crippen MR) is 100 cm³/mol. The summed E-state index contributed by atoms with van der Waals surface area (Å²) >= 11 is 0. The number of rotatable bonds is 4. The Bertz CT molecular complexity index is 904. The molecule has 1 saturated heterocycles. The fraction of sp³-hybridized carbons (Fsp3) is 0.286. The summed E-state index contributed by atoms with van der Waals surface area (Å²) in [6, 6.07) is 15.9. The number of methoxy groups -OCH3 is 1. The molecule has 1 amide bonds. The summed E-state index contributed by atoms with van der Waals surface area (Å²) in [4.78, 5) is 18.3. The van der Waals surface area contributed by atoms with E-state index >= 15 is 0 Å². The van der Waals surface area contributed by atoms with Crippen LogP contribution >= 0.6 is 0 Å². The van der Waals surface area contributed by atoms with Crippen LogP contribution < -0.4 is 4.74 Å². The second kappa shape index (κ2) is 7.22. The Morgan fingerprint density at radius 2 is 2.12 bits per heavy atom. The Kier molecular flexibility index (Phi) is 4.63. The summed E-state index contributed by atoms with van der Waals surface area (Å²) in [5.41, 5.74) is 3.11. The number of amides is 1. The van der Waals surface area contributed by atoms with E-state index < -0.39 is 0 Å². The zero-order chi connectivity index (χ0) is 17.9. The van der Waals surface area contributed by atoms with E-state index in [1.54, 1.807) is 7.11 Å². The number of hydrogen-bond acceptors (Lipinski definition) is 3. The first-order valence-electron chi connectivity index (χ1n) is 8.82. The molecule has 1 aliphatic rings. The number of H-pyrrole nitrogens is 1. The minimum absolute atomic E-state index is 0.0304. The van der Waals surface area contributed by atoms with Gasteiger partial charge >= 0.3 is 0 Å². The van der Waals surface area contributed by atoms with Gasteiger partial charge in [0.15, 0.2) is 0 Å². The molecule has 1 N–H and O–H groups in total. The van der Waals surface area contributed by atoms with Gasteiger partial charge in [-0.05, 0) is 29.3 Å². The van der Waals surface area contributed by atoms with Crippen LogP contribution in [0.2, 0.25) is 0 Å². The van der Waals surface area contributed by atoms with Crippen LogP contribution in [0.15, 0.2) is 54.7 Å². The van der Waals surface area contributed by atoms with Crippen LogP contribution in [0.25, 0.3) is 10.9 Å². The second-order valence-corrected chi connectivity index (χ2v) is 6.49. The maximum Gasteiger partial charge on any atom is 0.227 e. The highest BCUT2D eigenvalue weighted by atomic mass is 16.5. The Balaban J connectivity index is 1.59. The number of hydrogen-bond donors (Lipinski definition) is 1. The highest BCUT2D eigenvalue weighted by molar-refractivity contribution is 5.90. The molecule has 1 aliphatic heterocycles. The highest BCUT2D eigenvalue weighted by Gasteiger charge is 2.28. The van der Waals surface area contributed by atoms with Crippen LogP contribution in [-0.4, -0.2) is 42.7 Å². The SMILES string of the molecule is COc1ccc2[nH]cc(CC(=O)N3CCOCC3c3ccccc3)c2c1.